The standard InChI is InChI=1S/C28H26Cl2N2O2/c29-22-15-16-26(25(30)17-22)31-27(33)23-13-7-8-14-24(23)28(34)32(18-20-9-3-1-4-10-20)19-21-11-5-2-6-12-21/h1-12,15-17,23-24H,13-14,18-19H2,(H,31,33). The van der Waals surface area contributed by atoms with Crippen molar-refractivity contribution in [2.24, 2.45) is 11.8 Å². The summed E-state index contributed by atoms with van der Waals surface area (Å²) in [5.41, 5.74) is 2.58. The quantitative estimate of drug-likeness (QED) is 0.371. The Morgan fingerprint density at radius 3 is 1.91 bits per heavy atom. The third-order valence-electron chi connectivity index (χ3n) is 6.02. The van der Waals surface area contributed by atoms with Crippen LogP contribution in [0.1, 0.15) is 24.0 Å². The maximum Gasteiger partial charge on any atom is 0.228 e. The Balaban J connectivity index is 1.56. The van der Waals surface area contributed by atoms with E-state index in [0.29, 0.717) is 41.7 Å². The van der Waals surface area contributed by atoms with E-state index in [1.807, 2.05) is 77.7 Å². The number of carbonyl (C=O) groups is 2. The minimum atomic E-state index is -0.488. The van der Waals surface area contributed by atoms with Gasteiger partial charge in [0.2, 0.25) is 11.8 Å². The number of amides is 2. The van der Waals surface area contributed by atoms with Gasteiger partial charge in [-0.2, -0.15) is 0 Å². The van der Waals surface area contributed by atoms with Crippen molar-refractivity contribution in [3.63, 3.8) is 0 Å². The van der Waals surface area contributed by atoms with Crippen LogP contribution < -0.4 is 5.32 Å². The first-order chi connectivity index (χ1) is 16.5. The number of anilines is 1. The van der Waals surface area contributed by atoms with Crippen molar-refractivity contribution >= 4 is 40.7 Å². The zero-order valence-corrected chi connectivity index (χ0v) is 20.2. The average Bonchev–Trinajstić information content (AvgIpc) is 2.86. The highest BCUT2D eigenvalue weighted by molar-refractivity contribution is 6.36. The molecule has 3 aromatic carbocycles. The third kappa shape index (κ3) is 6.07. The van der Waals surface area contributed by atoms with Gasteiger partial charge in [0.25, 0.3) is 0 Å². The molecule has 2 amide bonds. The van der Waals surface area contributed by atoms with Crippen molar-refractivity contribution in [1.29, 1.82) is 0 Å². The zero-order chi connectivity index (χ0) is 23.9. The highest BCUT2D eigenvalue weighted by Crippen LogP contribution is 2.32. The molecule has 0 radical (unpaired) electrons. The summed E-state index contributed by atoms with van der Waals surface area (Å²) in [7, 11) is 0. The van der Waals surface area contributed by atoms with E-state index in [9.17, 15) is 9.59 Å². The molecule has 0 saturated heterocycles. The van der Waals surface area contributed by atoms with Gasteiger partial charge in [0.15, 0.2) is 0 Å². The van der Waals surface area contributed by atoms with E-state index in [1.54, 1.807) is 18.2 Å². The van der Waals surface area contributed by atoms with Crippen LogP contribution >= 0.6 is 23.2 Å². The van der Waals surface area contributed by atoms with Crippen LogP contribution in [0.15, 0.2) is 91.0 Å². The molecule has 2 atom stereocenters. The van der Waals surface area contributed by atoms with Crippen molar-refractivity contribution in [3.8, 4) is 0 Å². The highest BCUT2D eigenvalue weighted by Gasteiger charge is 2.36. The molecule has 1 aliphatic rings. The van der Waals surface area contributed by atoms with Gasteiger partial charge in [-0.25, -0.2) is 0 Å². The molecule has 0 spiro atoms. The van der Waals surface area contributed by atoms with Gasteiger partial charge in [0.05, 0.1) is 22.5 Å². The number of nitrogens with one attached hydrogen (secondary N) is 1. The number of carbonyl (C=O) groups excluding carboxylic acids is 2. The molecule has 0 aliphatic heterocycles. The largest absolute Gasteiger partial charge is 0.334 e. The van der Waals surface area contributed by atoms with Crippen LogP contribution in [0.5, 0.6) is 0 Å². The van der Waals surface area contributed by atoms with Crippen molar-refractivity contribution in [3.05, 3.63) is 112 Å². The van der Waals surface area contributed by atoms with Crippen LogP contribution in [0, 0.1) is 11.8 Å². The molecular weight excluding hydrogens is 467 g/mol. The fourth-order valence-corrected chi connectivity index (χ4v) is 4.70. The van der Waals surface area contributed by atoms with E-state index in [2.05, 4.69) is 5.32 Å². The van der Waals surface area contributed by atoms with Gasteiger partial charge in [0, 0.05) is 18.1 Å². The molecule has 0 saturated carbocycles. The summed E-state index contributed by atoms with van der Waals surface area (Å²) in [4.78, 5) is 29.0. The first-order valence-electron chi connectivity index (χ1n) is 11.3. The Morgan fingerprint density at radius 2 is 1.35 bits per heavy atom. The summed E-state index contributed by atoms with van der Waals surface area (Å²) in [6, 6.07) is 24.8. The van der Waals surface area contributed by atoms with Crippen LogP contribution in [-0.4, -0.2) is 16.7 Å². The Kier molecular flexibility index (Phi) is 8.04. The van der Waals surface area contributed by atoms with Crippen LogP contribution in [0.25, 0.3) is 0 Å². The molecule has 174 valence electrons. The van der Waals surface area contributed by atoms with Crippen molar-refractivity contribution in [2.45, 2.75) is 25.9 Å². The van der Waals surface area contributed by atoms with E-state index in [0.717, 1.165) is 11.1 Å². The normalized spacial score (nSPS) is 17.2. The van der Waals surface area contributed by atoms with Gasteiger partial charge in [-0.05, 0) is 42.2 Å². The van der Waals surface area contributed by atoms with Crippen LogP contribution in [-0.2, 0) is 22.7 Å². The number of hydrogen-bond donors (Lipinski definition) is 1. The van der Waals surface area contributed by atoms with Crippen molar-refractivity contribution < 1.29 is 9.59 Å². The second kappa shape index (κ2) is 11.4. The van der Waals surface area contributed by atoms with Gasteiger partial charge < -0.3 is 10.2 Å². The van der Waals surface area contributed by atoms with Crippen LogP contribution in [0.4, 0.5) is 5.69 Å². The topological polar surface area (TPSA) is 49.4 Å². The summed E-state index contributed by atoms with van der Waals surface area (Å²) in [6.45, 7) is 0.957. The van der Waals surface area contributed by atoms with Gasteiger partial charge in [-0.3, -0.25) is 9.59 Å². The predicted octanol–water partition coefficient (Wildman–Crippen LogP) is 6.74. The fraction of sp³-hybridized carbons (Fsp3) is 0.214. The molecule has 1 aliphatic carbocycles. The summed E-state index contributed by atoms with van der Waals surface area (Å²) >= 11 is 12.2. The minimum Gasteiger partial charge on any atom is -0.334 e. The minimum absolute atomic E-state index is 0.0283. The molecule has 34 heavy (non-hydrogen) atoms. The maximum absolute atomic E-state index is 13.9. The van der Waals surface area contributed by atoms with Crippen molar-refractivity contribution in [1.82, 2.24) is 4.90 Å². The van der Waals surface area contributed by atoms with E-state index >= 15 is 0 Å². The molecule has 1 N–H and O–H groups in total. The fourth-order valence-electron chi connectivity index (χ4n) is 4.25. The molecular formula is C28H26Cl2N2O2. The Bertz CT molecular complexity index is 1120. The number of allylic oxidation sites excluding steroid dienone is 2. The average molecular weight is 493 g/mol. The lowest BCUT2D eigenvalue weighted by atomic mass is 9.81. The molecule has 3 aromatic rings. The van der Waals surface area contributed by atoms with Gasteiger partial charge in [0.1, 0.15) is 0 Å². The number of rotatable bonds is 7. The van der Waals surface area contributed by atoms with E-state index in [1.165, 1.54) is 0 Å². The van der Waals surface area contributed by atoms with Gasteiger partial charge in [-0.15, -0.1) is 0 Å². The van der Waals surface area contributed by atoms with Crippen molar-refractivity contribution in [2.75, 3.05) is 5.32 Å². The van der Waals surface area contributed by atoms with E-state index in [-0.39, 0.29) is 11.8 Å². The highest BCUT2D eigenvalue weighted by atomic mass is 35.5. The summed E-state index contributed by atoms with van der Waals surface area (Å²) in [6.07, 6.45) is 4.98. The third-order valence-corrected chi connectivity index (χ3v) is 6.57. The van der Waals surface area contributed by atoms with Crippen LogP contribution in [0.3, 0.4) is 0 Å². The summed E-state index contributed by atoms with van der Waals surface area (Å²) in [5, 5.41) is 3.76. The SMILES string of the molecule is O=C(Nc1ccc(Cl)cc1Cl)C1CC=CCC1C(=O)N(Cc1ccccc1)Cc1ccccc1. The number of halogens is 2. The second-order valence-corrected chi connectivity index (χ2v) is 9.28. The lowest BCUT2D eigenvalue weighted by molar-refractivity contribution is -0.142. The number of nitrogens with zero attached hydrogens (tertiary/aromatic N) is 1. The molecule has 6 heteroatoms. The Labute approximate surface area is 210 Å². The van der Waals surface area contributed by atoms with E-state index in [4.69, 9.17) is 23.2 Å². The van der Waals surface area contributed by atoms with Gasteiger partial charge in [-0.1, -0.05) is 96.0 Å². The smallest absolute Gasteiger partial charge is 0.228 e. The first kappa shape index (κ1) is 24.1. The Morgan fingerprint density at radius 1 is 0.794 bits per heavy atom. The summed E-state index contributed by atoms with van der Waals surface area (Å²) < 4.78 is 0. The van der Waals surface area contributed by atoms with Gasteiger partial charge >= 0.3 is 0 Å². The predicted molar refractivity (Wildman–Crippen MR) is 138 cm³/mol. The molecule has 4 nitrogen and oxygen atoms in total. The lowest BCUT2D eigenvalue weighted by Crippen LogP contribution is -2.42. The van der Waals surface area contributed by atoms with Crippen LogP contribution in [0.2, 0.25) is 10.0 Å². The lowest BCUT2D eigenvalue weighted by Gasteiger charge is -2.32. The summed E-state index contributed by atoms with van der Waals surface area (Å²) in [5.74, 6) is -1.19. The monoisotopic (exact) mass is 492 g/mol. The molecule has 2 unspecified atom stereocenters. The molecule has 0 bridgehead atoms. The molecule has 0 fully saturated rings. The second-order valence-electron chi connectivity index (χ2n) is 8.43. The number of benzene rings is 3. The zero-order valence-electron chi connectivity index (χ0n) is 18.7. The molecule has 4 rings (SSSR count). The molecule has 0 aromatic heterocycles. The first-order valence-corrected chi connectivity index (χ1v) is 12.0. The van der Waals surface area contributed by atoms with E-state index < -0.39 is 11.8 Å². The number of hydrogen-bond acceptors (Lipinski definition) is 2. The Hall–Kier alpha value is -3.08. The molecule has 0 heterocycles. The maximum atomic E-state index is 13.9.